The lowest BCUT2D eigenvalue weighted by molar-refractivity contribution is 0.636. The summed E-state index contributed by atoms with van der Waals surface area (Å²) in [6, 6.07) is 5.16. The van der Waals surface area contributed by atoms with Gasteiger partial charge in [0.1, 0.15) is 11.3 Å². The Morgan fingerprint density at radius 1 is 1.24 bits per heavy atom. The van der Waals surface area contributed by atoms with Gasteiger partial charge in [0.05, 0.1) is 5.69 Å². The first-order chi connectivity index (χ1) is 10.3. The summed E-state index contributed by atoms with van der Waals surface area (Å²) < 4.78 is 14.1. The second-order valence-corrected chi connectivity index (χ2v) is 6.05. The molecular formula is C16H14FN3S. The number of aromatic nitrogens is 2. The molecule has 1 aromatic carbocycles. The summed E-state index contributed by atoms with van der Waals surface area (Å²) in [6.45, 7) is 0. The molecule has 2 heterocycles. The van der Waals surface area contributed by atoms with Gasteiger partial charge in [-0.15, -0.1) is 11.3 Å². The van der Waals surface area contributed by atoms with Crippen molar-refractivity contribution in [3.63, 3.8) is 0 Å². The lowest BCUT2D eigenvalue weighted by atomic mass is 9.99. The fraction of sp³-hybridized carbons (Fsp3) is 0.250. The van der Waals surface area contributed by atoms with Gasteiger partial charge in [-0.2, -0.15) is 0 Å². The van der Waals surface area contributed by atoms with Gasteiger partial charge in [0.2, 0.25) is 0 Å². The van der Waals surface area contributed by atoms with Crippen LogP contribution in [0.25, 0.3) is 22.2 Å². The predicted molar refractivity (Wildman–Crippen MR) is 84.4 cm³/mol. The minimum Gasteiger partial charge on any atom is -0.365 e. The summed E-state index contributed by atoms with van der Waals surface area (Å²) in [7, 11) is 1.86. The average Bonchev–Trinajstić information content (AvgIpc) is 3.14. The Balaban J connectivity index is 2.08. The molecule has 0 saturated carbocycles. The van der Waals surface area contributed by atoms with Crippen LogP contribution in [0.1, 0.15) is 17.7 Å². The van der Waals surface area contributed by atoms with Gasteiger partial charge in [-0.3, -0.25) is 0 Å². The van der Waals surface area contributed by atoms with E-state index >= 15 is 0 Å². The lowest BCUT2D eigenvalue weighted by Gasteiger charge is -2.11. The number of fused-ring (bicyclic) bond motifs is 2. The Hall–Kier alpha value is -2.01. The van der Waals surface area contributed by atoms with Crippen molar-refractivity contribution in [2.24, 2.45) is 0 Å². The summed E-state index contributed by atoms with van der Waals surface area (Å²) in [5, 5.41) is 6.83. The van der Waals surface area contributed by atoms with E-state index in [1.165, 1.54) is 11.6 Å². The molecule has 2 aromatic heterocycles. The molecule has 106 valence electrons. The van der Waals surface area contributed by atoms with Crippen molar-refractivity contribution >= 4 is 27.4 Å². The molecule has 0 spiro atoms. The third-order valence-electron chi connectivity index (χ3n) is 3.97. The number of aryl methyl sites for hydroxylation is 1. The second kappa shape index (κ2) is 4.77. The number of halogens is 1. The highest BCUT2D eigenvalue weighted by Gasteiger charge is 2.23. The molecule has 21 heavy (non-hydrogen) atoms. The Bertz CT molecular complexity index is 841. The smallest absolute Gasteiger partial charge is 0.182 e. The van der Waals surface area contributed by atoms with Crippen LogP contribution in [0, 0.1) is 5.82 Å². The van der Waals surface area contributed by atoms with Crippen LogP contribution in [0.2, 0.25) is 0 Å². The van der Waals surface area contributed by atoms with Crippen molar-refractivity contribution in [1.29, 1.82) is 0 Å². The number of pyridine rings is 1. The number of benzene rings is 1. The zero-order chi connectivity index (χ0) is 14.4. The van der Waals surface area contributed by atoms with Gasteiger partial charge >= 0.3 is 0 Å². The average molecular weight is 299 g/mol. The van der Waals surface area contributed by atoms with Crippen LogP contribution in [0.3, 0.4) is 0 Å². The Kier molecular flexibility index (Phi) is 2.89. The first-order valence-electron chi connectivity index (χ1n) is 7.01. The van der Waals surface area contributed by atoms with Gasteiger partial charge in [-0.05, 0) is 30.9 Å². The standard InChI is InChI=1S/C16H14FN3S/c1-18-16-20-13(8-21-16)14-9-4-3-7-12(9)19-15-10(14)5-2-6-11(15)17/h2,5-6,8H,3-4,7H2,1H3,(H,18,20). The molecule has 0 fully saturated rings. The van der Waals surface area contributed by atoms with Crippen molar-refractivity contribution in [3.05, 3.63) is 40.7 Å². The third kappa shape index (κ3) is 1.92. The molecule has 1 N–H and O–H groups in total. The number of nitrogens with one attached hydrogen (secondary N) is 1. The maximum atomic E-state index is 14.1. The molecule has 1 aliphatic carbocycles. The molecule has 4 rings (SSSR count). The predicted octanol–water partition coefficient (Wildman–Crippen LogP) is 4.03. The van der Waals surface area contributed by atoms with Gasteiger partial charge in [0.25, 0.3) is 0 Å². The van der Waals surface area contributed by atoms with E-state index in [0.29, 0.717) is 5.52 Å². The van der Waals surface area contributed by atoms with Crippen molar-refractivity contribution in [3.8, 4) is 11.3 Å². The fourth-order valence-corrected chi connectivity index (χ4v) is 3.71. The Morgan fingerprint density at radius 2 is 2.14 bits per heavy atom. The van der Waals surface area contributed by atoms with Crippen LogP contribution in [0.4, 0.5) is 9.52 Å². The maximum Gasteiger partial charge on any atom is 0.182 e. The number of hydrogen-bond donors (Lipinski definition) is 1. The molecule has 0 atom stereocenters. The topological polar surface area (TPSA) is 37.8 Å². The van der Waals surface area contributed by atoms with E-state index in [9.17, 15) is 4.39 Å². The van der Waals surface area contributed by atoms with Crippen LogP contribution in [-0.2, 0) is 12.8 Å². The Labute approximate surface area is 125 Å². The van der Waals surface area contributed by atoms with E-state index in [-0.39, 0.29) is 5.82 Å². The molecule has 0 bridgehead atoms. The molecule has 3 nitrogen and oxygen atoms in total. The monoisotopic (exact) mass is 299 g/mol. The number of anilines is 1. The molecular weight excluding hydrogens is 285 g/mol. The van der Waals surface area contributed by atoms with Crippen molar-refractivity contribution < 1.29 is 4.39 Å². The molecule has 0 aliphatic heterocycles. The minimum absolute atomic E-state index is 0.257. The molecule has 0 amide bonds. The van der Waals surface area contributed by atoms with E-state index in [4.69, 9.17) is 0 Å². The number of para-hydroxylation sites is 1. The van der Waals surface area contributed by atoms with E-state index in [0.717, 1.165) is 46.7 Å². The largest absolute Gasteiger partial charge is 0.365 e. The summed E-state index contributed by atoms with van der Waals surface area (Å²) in [6.07, 6.45) is 3.00. The minimum atomic E-state index is -0.257. The lowest BCUT2D eigenvalue weighted by Crippen LogP contribution is -1.97. The third-order valence-corrected chi connectivity index (χ3v) is 4.83. The highest BCUT2D eigenvalue weighted by atomic mass is 32.1. The molecule has 5 heteroatoms. The molecule has 1 aliphatic rings. The van der Waals surface area contributed by atoms with E-state index < -0.39 is 0 Å². The van der Waals surface area contributed by atoms with Crippen LogP contribution >= 0.6 is 11.3 Å². The highest BCUT2D eigenvalue weighted by Crippen LogP contribution is 2.38. The van der Waals surface area contributed by atoms with Crippen molar-refractivity contribution in [1.82, 2.24) is 9.97 Å². The van der Waals surface area contributed by atoms with Crippen molar-refractivity contribution in [2.45, 2.75) is 19.3 Å². The Morgan fingerprint density at radius 3 is 2.95 bits per heavy atom. The van der Waals surface area contributed by atoms with E-state index in [1.807, 2.05) is 18.5 Å². The first-order valence-corrected chi connectivity index (χ1v) is 7.89. The number of nitrogens with zero attached hydrogens (tertiary/aromatic N) is 2. The normalized spacial score (nSPS) is 13.6. The zero-order valence-electron chi connectivity index (χ0n) is 11.6. The van der Waals surface area contributed by atoms with Gasteiger partial charge in [-0.25, -0.2) is 14.4 Å². The van der Waals surface area contributed by atoms with Crippen molar-refractivity contribution in [2.75, 3.05) is 12.4 Å². The van der Waals surface area contributed by atoms with E-state index in [2.05, 4.69) is 15.3 Å². The van der Waals surface area contributed by atoms with E-state index in [1.54, 1.807) is 17.4 Å². The second-order valence-electron chi connectivity index (χ2n) is 5.19. The maximum absolute atomic E-state index is 14.1. The number of rotatable bonds is 2. The SMILES string of the molecule is CNc1nc(-c2c3c(nc4c(F)cccc24)CCC3)cs1. The summed E-state index contributed by atoms with van der Waals surface area (Å²) in [5.74, 6) is -0.257. The highest BCUT2D eigenvalue weighted by molar-refractivity contribution is 7.14. The van der Waals surface area contributed by atoms with Crippen LogP contribution in [-0.4, -0.2) is 17.0 Å². The molecule has 0 unspecified atom stereocenters. The fourth-order valence-electron chi connectivity index (χ4n) is 3.04. The summed E-state index contributed by atoms with van der Waals surface area (Å²) >= 11 is 1.57. The van der Waals surface area contributed by atoms with Crippen LogP contribution < -0.4 is 5.32 Å². The molecule has 3 aromatic rings. The molecule has 0 saturated heterocycles. The quantitative estimate of drug-likeness (QED) is 0.776. The first kappa shape index (κ1) is 12.7. The number of thiazole rings is 1. The van der Waals surface area contributed by atoms with Gasteiger partial charge < -0.3 is 5.32 Å². The van der Waals surface area contributed by atoms with Gasteiger partial charge in [-0.1, -0.05) is 12.1 Å². The summed E-state index contributed by atoms with van der Waals surface area (Å²) in [5.41, 5.74) is 4.71. The van der Waals surface area contributed by atoms with Crippen LogP contribution in [0.15, 0.2) is 23.6 Å². The van der Waals surface area contributed by atoms with Gasteiger partial charge in [0.15, 0.2) is 5.13 Å². The summed E-state index contributed by atoms with van der Waals surface area (Å²) in [4.78, 5) is 9.17. The zero-order valence-corrected chi connectivity index (χ0v) is 12.4. The molecule has 0 radical (unpaired) electrons. The van der Waals surface area contributed by atoms with Crippen LogP contribution in [0.5, 0.6) is 0 Å². The van der Waals surface area contributed by atoms with Gasteiger partial charge in [0, 0.05) is 29.1 Å². The number of hydrogen-bond acceptors (Lipinski definition) is 4.